The van der Waals surface area contributed by atoms with Gasteiger partial charge in [-0.2, -0.15) is 0 Å². The summed E-state index contributed by atoms with van der Waals surface area (Å²) < 4.78 is 5.42. The fourth-order valence-electron chi connectivity index (χ4n) is 4.40. The van der Waals surface area contributed by atoms with Gasteiger partial charge < -0.3 is 24.8 Å². The predicted molar refractivity (Wildman–Crippen MR) is 115 cm³/mol. The Balaban J connectivity index is 1.34. The monoisotopic (exact) mass is 397 g/mol. The summed E-state index contributed by atoms with van der Waals surface area (Å²) in [6.45, 7) is 13.2. The first-order chi connectivity index (χ1) is 13.2. The molecule has 0 bridgehead atoms. The van der Waals surface area contributed by atoms with Crippen LogP contribution in [0.4, 0.5) is 0 Å². The van der Waals surface area contributed by atoms with Gasteiger partial charge in [0, 0.05) is 64.9 Å². The molecule has 7 heteroatoms. The van der Waals surface area contributed by atoms with Gasteiger partial charge in [0.25, 0.3) is 0 Å². The normalized spacial score (nSPS) is 26.3. The highest BCUT2D eigenvalue weighted by molar-refractivity contribution is 7.80. The van der Waals surface area contributed by atoms with E-state index < -0.39 is 0 Å². The molecule has 0 unspecified atom stereocenters. The molecule has 6 nitrogen and oxygen atoms in total. The van der Waals surface area contributed by atoms with Gasteiger partial charge in [-0.25, -0.2) is 0 Å². The summed E-state index contributed by atoms with van der Waals surface area (Å²) in [7, 11) is 2.23. The van der Waals surface area contributed by atoms with Crippen LogP contribution in [0.25, 0.3) is 0 Å². The lowest BCUT2D eigenvalue weighted by molar-refractivity contribution is 0.0375. The first kappa shape index (κ1) is 21.2. The van der Waals surface area contributed by atoms with E-state index in [0.717, 1.165) is 57.5 Å². The van der Waals surface area contributed by atoms with Gasteiger partial charge in [0.05, 0.1) is 13.2 Å². The summed E-state index contributed by atoms with van der Waals surface area (Å²) in [5.74, 6) is 0. The largest absolute Gasteiger partial charge is 0.379 e. The molecule has 3 rings (SSSR count). The number of likely N-dealkylation sites (N-methyl/N-ethyl adjacent to an activating group) is 1. The zero-order valence-electron chi connectivity index (χ0n) is 17.2. The molecule has 0 aromatic carbocycles. The van der Waals surface area contributed by atoms with E-state index in [1.165, 1.54) is 58.4 Å². The van der Waals surface area contributed by atoms with Crippen LogP contribution in [0.15, 0.2) is 0 Å². The van der Waals surface area contributed by atoms with Crippen LogP contribution in [0.1, 0.15) is 32.1 Å². The summed E-state index contributed by atoms with van der Waals surface area (Å²) in [6.07, 6.45) is 6.33. The number of likely N-dealkylation sites (tertiary alicyclic amines) is 1. The van der Waals surface area contributed by atoms with Crippen LogP contribution in [-0.2, 0) is 4.74 Å². The van der Waals surface area contributed by atoms with E-state index in [0.29, 0.717) is 6.04 Å². The van der Waals surface area contributed by atoms with E-state index in [2.05, 4.69) is 32.0 Å². The lowest BCUT2D eigenvalue weighted by atomic mass is 9.99. The molecule has 3 heterocycles. The highest BCUT2D eigenvalue weighted by atomic mass is 32.1. The van der Waals surface area contributed by atoms with Gasteiger partial charge in [-0.05, 0) is 57.9 Å². The standard InChI is InChI=1S/C20H39N5OS/c1-22-11-13-24(14-12-22)10-6-19-5-2-3-9-25(19)20(27)21-7-4-8-23-15-17-26-18-16-23/h19H,2-18H2,1H3,(H,21,27)/t19-/m1/s1. The second-order valence-electron chi connectivity index (χ2n) is 8.32. The molecule has 1 atom stereocenters. The van der Waals surface area contributed by atoms with E-state index >= 15 is 0 Å². The quantitative estimate of drug-likeness (QED) is 0.508. The highest BCUT2D eigenvalue weighted by Gasteiger charge is 2.25. The molecule has 0 aliphatic carbocycles. The fourth-order valence-corrected chi connectivity index (χ4v) is 4.74. The van der Waals surface area contributed by atoms with E-state index in [1.807, 2.05) is 0 Å². The number of rotatable bonds is 7. The maximum atomic E-state index is 5.77. The molecule has 0 spiro atoms. The van der Waals surface area contributed by atoms with Crippen molar-refractivity contribution in [2.75, 3.05) is 85.7 Å². The number of nitrogens with one attached hydrogen (secondary N) is 1. The zero-order chi connectivity index (χ0) is 18.9. The van der Waals surface area contributed by atoms with Crippen LogP contribution in [0.3, 0.4) is 0 Å². The van der Waals surface area contributed by atoms with Gasteiger partial charge in [-0.3, -0.25) is 4.90 Å². The first-order valence-corrected chi connectivity index (χ1v) is 11.4. The lowest BCUT2D eigenvalue weighted by Crippen LogP contribution is -2.51. The number of hydrogen-bond donors (Lipinski definition) is 1. The third-order valence-electron chi connectivity index (χ3n) is 6.29. The molecule has 27 heavy (non-hydrogen) atoms. The zero-order valence-corrected chi connectivity index (χ0v) is 18.0. The van der Waals surface area contributed by atoms with Gasteiger partial charge in [0.2, 0.25) is 0 Å². The lowest BCUT2D eigenvalue weighted by Gasteiger charge is -2.40. The summed E-state index contributed by atoms with van der Waals surface area (Å²) in [5.41, 5.74) is 0. The Labute approximate surface area is 171 Å². The molecule has 0 radical (unpaired) electrons. The Hall–Kier alpha value is -0.470. The molecule has 3 saturated heterocycles. The maximum absolute atomic E-state index is 5.77. The van der Waals surface area contributed by atoms with Crippen molar-refractivity contribution in [3.63, 3.8) is 0 Å². The highest BCUT2D eigenvalue weighted by Crippen LogP contribution is 2.20. The average Bonchev–Trinajstić information content (AvgIpc) is 2.71. The van der Waals surface area contributed by atoms with E-state index in [-0.39, 0.29) is 0 Å². The molecule has 0 aromatic heterocycles. The molecule has 0 amide bonds. The van der Waals surface area contributed by atoms with Crippen molar-refractivity contribution < 1.29 is 4.74 Å². The number of hydrogen-bond acceptors (Lipinski definition) is 5. The van der Waals surface area contributed by atoms with Gasteiger partial charge in [0.1, 0.15) is 0 Å². The minimum atomic E-state index is 0.623. The molecule has 156 valence electrons. The Morgan fingerprint density at radius 2 is 1.70 bits per heavy atom. The SMILES string of the molecule is CN1CCN(CC[C@H]2CCCCN2C(=S)NCCCN2CCOCC2)CC1. The Bertz CT molecular complexity index is 438. The topological polar surface area (TPSA) is 34.2 Å². The van der Waals surface area contributed by atoms with Crippen molar-refractivity contribution in [2.24, 2.45) is 0 Å². The van der Waals surface area contributed by atoms with Crippen molar-refractivity contribution in [3.05, 3.63) is 0 Å². The van der Waals surface area contributed by atoms with Crippen molar-refractivity contribution in [1.82, 2.24) is 24.9 Å². The Morgan fingerprint density at radius 3 is 2.48 bits per heavy atom. The van der Waals surface area contributed by atoms with Crippen LogP contribution in [0.5, 0.6) is 0 Å². The molecule has 0 aromatic rings. The summed E-state index contributed by atoms with van der Waals surface area (Å²) in [6, 6.07) is 0.623. The maximum Gasteiger partial charge on any atom is 0.169 e. The fraction of sp³-hybridized carbons (Fsp3) is 0.950. The Morgan fingerprint density at radius 1 is 0.963 bits per heavy atom. The molecule has 3 fully saturated rings. The van der Waals surface area contributed by atoms with Crippen LogP contribution >= 0.6 is 12.2 Å². The van der Waals surface area contributed by atoms with Crippen LogP contribution < -0.4 is 5.32 Å². The van der Waals surface area contributed by atoms with Crippen molar-refractivity contribution >= 4 is 17.3 Å². The van der Waals surface area contributed by atoms with Crippen molar-refractivity contribution in [1.29, 1.82) is 0 Å². The number of ether oxygens (including phenoxy) is 1. The van der Waals surface area contributed by atoms with Gasteiger partial charge in [-0.1, -0.05) is 0 Å². The Kier molecular flexibility index (Phi) is 9.06. The molecule has 3 aliphatic heterocycles. The summed E-state index contributed by atoms with van der Waals surface area (Å²) in [5, 5.41) is 4.53. The van der Waals surface area contributed by atoms with Gasteiger partial charge in [0.15, 0.2) is 5.11 Å². The van der Waals surface area contributed by atoms with Crippen LogP contribution in [0.2, 0.25) is 0 Å². The number of nitrogens with zero attached hydrogens (tertiary/aromatic N) is 4. The smallest absolute Gasteiger partial charge is 0.169 e. The van der Waals surface area contributed by atoms with Crippen LogP contribution in [-0.4, -0.2) is 116 Å². The first-order valence-electron chi connectivity index (χ1n) is 11.0. The molecule has 3 aliphatic rings. The molecular formula is C20H39N5OS. The number of piperazine rings is 1. The van der Waals surface area contributed by atoms with E-state index in [9.17, 15) is 0 Å². The van der Waals surface area contributed by atoms with E-state index in [4.69, 9.17) is 17.0 Å². The molecule has 0 saturated carbocycles. The van der Waals surface area contributed by atoms with Gasteiger partial charge in [-0.15, -0.1) is 0 Å². The number of thiocarbonyl (C=S) groups is 1. The summed E-state index contributed by atoms with van der Waals surface area (Å²) >= 11 is 5.77. The van der Waals surface area contributed by atoms with Gasteiger partial charge >= 0.3 is 0 Å². The van der Waals surface area contributed by atoms with Crippen molar-refractivity contribution in [2.45, 2.75) is 38.1 Å². The predicted octanol–water partition coefficient (Wildman–Crippen LogP) is 1.08. The minimum absolute atomic E-state index is 0.623. The van der Waals surface area contributed by atoms with Crippen LogP contribution in [0, 0.1) is 0 Å². The number of morpholine rings is 1. The molecule has 1 N–H and O–H groups in total. The van der Waals surface area contributed by atoms with E-state index in [1.54, 1.807) is 0 Å². The third kappa shape index (κ3) is 7.13. The second kappa shape index (κ2) is 11.5. The average molecular weight is 398 g/mol. The molecular weight excluding hydrogens is 358 g/mol. The summed E-state index contributed by atoms with van der Waals surface area (Å²) in [4.78, 5) is 10.0. The third-order valence-corrected chi connectivity index (χ3v) is 6.67. The van der Waals surface area contributed by atoms with Crippen molar-refractivity contribution in [3.8, 4) is 0 Å². The number of piperidine rings is 1. The minimum Gasteiger partial charge on any atom is -0.379 e. The second-order valence-corrected chi connectivity index (χ2v) is 8.70.